The maximum atomic E-state index is 13.1. The van der Waals surface area contributed by atoms with Crippen LogP contribution in [0.4, 0.5) is 0 Å². The smallest absolute Gasteiger partial charge is 0.198 e. The third-order valence-corrected chi connectivity index (χ3v) is 5.41. The molecule has 1 aliphatic heterocycles. The van der Waals surface area contributed by atoms with Crippen LogP contribution in [-0.2, 0) is 10.6 Å². The van der Waals surface area contributed by atoms with Crippen LogP contribution in [0, 0.1) is 0 Å². The molecule has 0 radical (unpaired) electrons. The van der Waals surface area contributed by atoms with Gasteiger partial charge >= 0.3 is 0 Å². The summed E-state index contributed by atoms with van der Waals surface area (Å²) in [5, 5.41) is 10.6. The fraction of sp³-hybridized carbons (Fsp3) is 0.333. The van der Waals surface area contributed by atoms with Crippen LogP contribution in [0.2, 0.25) is 0 Å². The summed E-state index contributed by atoms with van der Waals surface area (Å²) in [5.74, 6) is -0.694. The molecule has 146 valence electrons. The van der Waals surface area contributed by atoms with E-state index in [1.165, 1.54) is 0 Å². The van der Waals surface area contributed by atoms with Gasteiger partial charge in [-0.25, -0.2) is 0 Å². The molecule has 0 aromatic heterocycles. The first-order chi connectivity index (χ1) is 13.6. The molecule has 2 aromatic rings. The standard InChI is InChI=1S/C21H20ClNO5/c22-12-13-11-16(28-10-7-23-5-8-27-9-6-23)17-18(19(13)24)21(26)15-4-2-1-3-14(15)20(17)25/h1-4,11,24H,5-10,12H2. The van der Waals surface area contributed by atoms with Crippen LogP contribution in [0.25, 0.3) is 0 Å². The first-order valence-corrected chi connectivity index (χ1v) is 9.71. The van der Waals surface area contributed by atoms with E-state index in [2.05, 4.69) is 4.90 Å². The third-order valence-electron chi connectivity index (χ3n) is 5.13. The van der Waals surface area contributed by atoms with Crippen molar-refractivity contribution in [2.24, 2.45) is 0 Å². The molecule has 1 heterocycles. The fourth-order valence-electron chi connectivity index (χ4n) is 3.62. The lowest BCUT2D eigenvalue weighted by molar-refractivity contribution is 0.0322. The maximum absolute atomic E-state index is 13.1. The lowest BCUT2D eigenvalue weighted by atomic mass is 9.82. The molecule has 1 aliphatic carbocycles. The predicted molar refractivity (Wildman–Crippen MR) is 104 cm³/mol. The van der Waals surface area contributed by atoms with Gasteiger partial charge in [-0.05, 0) is 6.07 Å². The molecule has 1 saturated heterocycles. The van der Waals surface area contributed by atoms with Gasteiger partial charge in [-0.1, -0.05) is 24.3 Å². The van der Waals surface area contributed by atoms with Crippen molar-refractivity contribution in [1.29, 1.82) is 0 Å². The van der Waals surface area contributed by atoms with E-state index in [9.17, 15) is 14.7 Å². The molecule has 4 rings (SSSR count). The molecule has 28 heavy (non-hydrogen) atoms. The number of fused-ring (bicyclic) bond motifs is 2. The molecule has 0 atom stereocenters. The highest BCUT2D eigenvalue weighted by molar-refractivity contribution is 6.30. The number of benzene rings is 2. The number of carbonyl (C=O) groups excluding carboxylic acids is 2. The van der Waals surface area contributed by atoms with Crippen LogP contribution >= 0.6 is 11.6 Å². The van der Waals surface area contributed by atoms with Crippen molar-refractivity contribution in [3.05, 3.63) is 58.1 Å². The zero-order valence-electron chi connectivity index (χ0n) is 15.2. The van der Waals surface area contributed by atoms with E-state index >= 15 is 0 Å². The Morgan fingerprint density at radius 1 is 1.07 bits per heavy atom. The van der Waals surface area contributed by atoms with Gasteiger partial charge in [0.05, 0.1) is 30.2 Å². The van der Waals surface area contributed by atoms with Crippen molar-refractivity contribution in [3.8, 4) is 11.5 Å². The van der Waals surface area contributed by atoms with Crippen LogP contribution in [0.15, 0.2) is 30.3 Å². The Morgan fingerprint density at radius 3 is 2.36 bits per heavy atom. The number of phenols is 1. The van der Waals surface area contributed by atoms with Crippen molar-refractivity contribution in [1.82, 2.24) is 4.90 Å². The summed E-state index contributed by atoms with van der Waals surface area (Å²) in [6.07, 6.45) is 0. The predicted octanol–water partition coefficient (Wildman–Crippen LogP) is 2.62. The number of aromatic hydroxyl groups is 1. The quantitative estimate of drug-likeness (QED) is 0.662. The monoisotopic (exact) mass is 401 g/mol. The molecule has 1 N–H and O–H groups in total. The van der Waals surface area contributed by atoms with Crippen LogP contribution in [0.5, 0.6) is 11.5 Å². The van der Waals surface area contributed by atoms with Gasteiger partial charge in [0.2, 0.25) is 0 Å². The molecular formula is C21H20ClNO5. The minimum Gasteiger partial charge on any atom is -0.507 e. The molecule has 1 fully saturated rings. The number of morpholine rings is 1. The highest BCUT2D eigenvalue weighted by atomic mass is 35.5. The third kappa shape index (κ3) is 3.28. The number of ether oxygens (including phenoxy) is 2. The number of hydrogen-bond donors (Lipinski definition) is 1. The summed E-state index contributed by atoms with van der Waals surface area (Å²) in [6.45, 7) is 4.06. The van der Waals surface area contributed by atoms with Crippen molar-refractivity contribution in [2.75, 3.05) is 39.5 Å². The van der Waals surface area contributed by atoms with E-state index in [0.29, 0.717) is 37.5 Å². The van der Waals surface area contributed by atoms with Gasteiger partial charge in [-0.15, -0.1) is 11.6 Å². The van der Waals surface area contributed by atoms with Gasteiger partial charge in [0.25, 0.3) is 0 Å². The van der Waals surface area contributed by atoms with Gasteiger partial charge in [0.15, 0.2) is 11.6 Å². The summed E-state index contributed by atoms with van der Waals surface area (Å²) in [7, 11) is 0. The molecular weight excluding hydrogens is 382 g/mol. The summed E-state index contributed by atoms with van der Waals surface area (Å²) >= 11 is 5.95. The van der Waals surface area contributed by atoms with Crippen LogP contribution in [0.1, 0.15) is 37.4 Å². The first kappa shape index (κ1) is 18.9. The van der Waals surface area contributed by atoms with E-state index in [4.69, 9.17) is 21.1 Å². The number of phenolic OH excluding ortho intramolecular Hbond substituents is 1. The zero-order valence-corrected chi connectivity index (χ0v) is 16.0. The van der Waals surface area contributed by atoms with E-state index < -0.39 is 5.78 Å². The Kier molecular flexibility index (Phi) is 5.35. The molecule has 6 nitrogen and oxygen atoms in total. The average molecular weight is 402 g/mol. The summed E-state index contributed by atoms with van der Waals surface area (Å²) < 4.78 is 11.2. The first-order valence-electron chi connectivity index (χ1n) is 9.18. The highest BCUT2D eigenvalue weighted by Crippen LogP contribution is 2.41. The van der Waals surface area contributed by atoms with Crippen molar-refractivity contribution < 1.29 is 24.2 Å². The summed E-state index contributed by atoms with van der Waals surface area (Å²) in [6, 6.07) is 8.16. The summed E-state index contributed by atoms with van der Waals surface area (Å²) in [5.41, 5.74) is 1.04. The molecule has 0 spiro atoms. The van der Waals surface area contributed by atoms with E-state index in [1.54, 1.807) is 30.3 Å². The average Bonchev–Trinajstić information content (AvgIpc) is 2.73. The largest absolute Gasteiger partial charge is 0.507 e. The van der Waals surface area contributed by atoms with Crippen LogP contribution in [-0.4, -0.2) is 61.0 Å². The Hall–Kier alpha value is -2.41. The molecule has 0 amide bonds. The van der Waals surface area contributed by atoms with Gasteiger partial charge < -0.3 is 14.6 Å². The summed E-state index contributed by atoms with van der Waals surface area (Å²) in [4.78, 5) is 28.3. The SMILES string of the molecule is O=C1c2ccccc2C(=O)c2c(O)c(CCl)cc(OCCN3CCOCC3)c21. The molecule has 0 saturated carbocycles. The zero-order chi connectivity index (χ0) is 19.7. The van der Waals surface area contributed by atoms with Gasteiger partial charge in [0.1, 0.15) is 18.1 Å². The second-order valence-electron chi connectivity index (χ2n) is 6.77. The van der Waals surface area contributed by atoms with Crippen LogP contribution < -0.4 is 4.74 Å². The molecule has 7 heteroatoms. The Morgan fingerprint density at radius 2 is 1.71 bits per heavy atom. The number of alkyl halides is 1. The highest BCUT2D eigenvalue weighted by Gasteiger charge is 2.35. The second kappa shape index (κ2) is 7.91. The fourth-order valence-corrected chi connectivity index (χ4v) is 3.82. The van der Waals surface area contributed by atoms with Gasteiger partial charge in [0, 0.05) is 36.3 Å². The number of ketones is 2. The minimum absolute atomic E-state index is 0.00204. The maximum Gasteiger partial charge on any atom is 0.198 e. The topological polar surface area (TPSA) is 76.1 Å². The van der Waals surface area contributed by atoms with E-state index in [0.717, 1.165) is 13.1 Å². The molecule has 0 unspecified atom stereocenters. The lowest BCUT2D eigenvalue weighted by Gasteiger charge is -2.27. The number of rotatable bonds is 5. The Balaban J connectivity index is 1.69. The van der Waals surface area contributed by atoms with E-state index in [-0.39, 0.29) is 39.9 Å². The second-order valence-corrected chi connectivity index (χ2v) is 7.04. The number of hydrogen-bond acceptors (Lipinski definition) is 6. The number of carbonyl (C=O) groups is 2. The lowest BCUT2D eigenvalue weighted by Crippen LogP contribution is -2.38. The number of nitrogens with zero attached hydrogens (tertiary/aromatic N) is 1. The molecule has 2 aliphatic rings. The van der Waals surface area contributed by atoms with Gasteiger partial charge in [-0.2, -0.15) is 0 Å². The van der Waals surface area contributed by atoms with Crippen molar-refractivity contribution >= 4 is 23.2 Å². The van der Waals surface area contributed by atoms with Crippen molar-refractivity contribution in [2.45, 2.75) is 5.88 Å². The Bertz CT molecular complexity index is 937. The van der Waals surface area contributed by atoms with E-state index in [1.807, 2.05) is 0 Å². The minimum atomic E-state index is -0.396. The van der Waals surface area contributed by atoms with Crippen molar-refractivity contribution in [3.63, 3.8) is 0 Å². The number of halogens is 1. The van der Waals surface area contributed by atoms with Gasteiger partial charge in [-0.3, -0.25) is 14.5 Å². The molecule has 0 bridgehead atoms. The van der Waals surface area contributed by atoms with Crippen LogP contribution in [0.3, 0.4) is 0 Å². The Labute approximate surface area is 167 Å². The molecule has 2 aromatic carbocycles. The normalized spacial score (nSPS) is 16.6.